The average Bonchev–Trinajstić information content (AvgIpc) is 2.98. The summed E-state index contributed by atoms with van der Waals surface area (Å²) < 4.78 is 1.20. The first-order valence-electron chi connectivity index (χ1n) is 6.86. The SMILES string of the molecule is CNC(=O)c1cc(Br)cc(Br)c1NC(=O)[C@@H]1CCCN1C(=O)O. The normalized spacial score (nSPS) is 17.0. The van der Waals surface area contributed by atoms with Crippen molar-refractivity contribution in [2.45, 2.75) is 18.9 Å². The van der Waals surface area contributed by atoms with Crippen molar-refractivity contribution in [1.29, 1.82) is 0 Å². The van der Waals surface area contributed by atoms with Crippen LogP contribution in [-0.4, -0.2) is 47.5 Å². The molecule has 0 aromatic heterocycles. The summed E-state index contributed by atoms with van der Waals surface area (Å²) in [7, 11) is 1.49. The second-order valence-corrected chi connectivity index (χ2v) is 6.78. The minimum Gasteiger partial charge on any atom is -0.465 e. The van der Waals surface area contributed by atoms with Gasteiger partial charge in [-0.1, -0.05) is 15.9 Å². The Morgan fingerprint density at radius 1 is 1.30 bits per heavy atom. The summed E-state index contributed by atoms with van der Waals surface area (Å²) in [5.74, 6) is -0.804. The Balaban J connectivity index is 2.30. The van der Waals surface area contributed by atoms with Gasteiger partial charge in [0.05, 0.1) is 11.3 Å². The Bertz CT molecular complexity index is 666. The van der Waals surface area contributed by atoms with E-state index in [-0.39, 0.29) is 11.5 Å². The van der Waals surface area contributed by atoms with Gasteiger partial charge in [-0.3, -0.25) is 14.5 Å². The first-order valence-corrected chi connectivity index (χ1v) is 8.45. The predicted molar refractivity (Wildman–Crippen MR) is 91.6 cm³/mol. The van der Waals surface area contributed by atoms with Crippen LogP contribution < -0.4 is 10.6 Å². The Hall–Kier alpha value is -1.61. The van der Waals surface area contributed by atoms with Gasteiger partial charge in [-0.25, -0.2) is 4.79 Å². The first-order chi connectivity index (χ1) is 10.8. The van der Waals surface area contributed by atoms with Crippen molar-refractivity contribution in [2.24, 2.45) is 0 Å². The van der Waals surface area contributed by atoms with Crippen LogP contribution in [0.1, 0.15) is 23.2 Å². The number of nitrogens with zero attached hydrogens (tertiary/aromatic N) is 1. The van der Waals surface area contributed by atoms with Crippen molar-refractivity contribution in [1.82, 2.24) is 10.2 Å². The highest BCUT2D eigenvalue weighted by atomic mass is 79.9. The number of hydrogen-bond donors (Lipinski definition) is 3. The smallest absolute Gasteiger partial charge is 0.407 e. The van der Waals surface area contributed by atoms with E-state index in [4.69, 9.17) is 5.11 Å². The molecule has 0 unspecified atom stereocenters. The molecule has 0 saturated carbocycles. The summed E-state index contributed by atoms with van der Waals surface area (Å²) in [6, 6.07) is 2.54. The lowest BCUT2D eigenvalue weighted by Crippen LogP contribution is -2.42. The van der Waals surface area contributed by atoms with Crippen LogP contribution in [-0.2, 0) is 4.79 Å². The standard InChI is InChI=1S/C14H15Br2N3O4/c1-17-12(20)8-5-7(15)6-9(16)11(8)18-13(21)10-3-2-4-19(10)14(22)23/h5-6,10H,2-4H2,1H3,(H,17,20)(H,18,21)(H,22,23)/t10-/m0/s1. The van der Waals surface area contributed by atoms with Crippen molar-refractivity contribution in [3.05, 3.63) is 26.6 Å². The fourth-order valence-electron chi connectivity index (χ4n) is 2.49. The number of carboxylic acid groups (broad SMARTS) is 1. The molecule has 0 bridgehead atoms. The van der Waals surface area contributed by atoms with E-state index in [2.05, 4.69) is 42.5 Å². The monoisotopic (exact) mass is 447 g/mol. The maximum Gasteiger partial charge on any atom is 0.407 e. The summed E-state index contributed by atoms with van der Waals surface area (Å²) in [5.41, 5.74) is 0.594. The minimum atomic E-state index is -1.12. The lowest BCUT2D eigenvalue weighted by Gasteiger charge is -2.22. The highest BCUT2D eigenvalue weighted by molar-refractivity contribution is 9.11. The zero-order chi connectivity index (χ0) is 17.1. The molecular weight excluding hydrogens is 434 g/mol. The molecule has 1 heterocycles. The molecule has 1 saturated heterocycles. The number of nitrogens with one attached hydrogen (secondary N) is 2. The summed E-state index contributed by atoms with van der Waals surface area (Å²) in [4.78, 5) is 36.7. The molecule has 1 aromatic rings. The number of hydrogen-bond acceptors (Lipinski definition) is 3. The van der Waals surface area contributed by atoms with Gasteiger partial charge in [0.25, 0.3) is 5.91 Å². The van der Waals surface area contributed by atoms with Gasteiger partial charge in [-0.2, -0.15) is 0 Å². The van der Waals surface area contributed by atoms with Crippen LogP contribution in [0.4, 0.5) is 10.5 Å². The minimum absolute atomic E-state index is 0.280. The third kappa shape index (κ3) is 3.84. The van der Waals surface area contributed by atoms with Crippen molar-refractivity contribution in [3.8, 4) is 0 Å². The molecule has 2 rings (SSSR count). The highest BCUT2D eigenvalue weighted by Gasteiger charge is 2.34. The Morgan fingerprint density at radius 2 is 2.00 bits per heavy atom. The molecule has 1 aromatic carbocycles. The molecule has 1 fully saturated rings. The van der Waals surface area contributed by atoms with E-state index >= 15 is 0 Å². The van der Waals surface area contributed by atoms with Crippen molar-refractivity contribution in [2.75, 3.05) is 18.9 Å². The van der Waals surface area contributed by atoms with Crippen LogP contribution in [0.2, 0.25) is 0 Å². The zero-order valence-electron chi connectivity index (χ0n) is 12.2. The van der Waals surface area contributed by atoms with Crippen molar-refractivity contribution in [3.63, 3.8) is 0 Å². The molecule has 1 atom stereocenters. The highest BCUT2D eigenvalue weighted by Crippen LogP contribution is 2.31. The molecule has 3 amide bonds. The summed E-state index contributed by atoms with van der Waals surface area (Å²) in [6.07, 6.45) is -0.0282. The van der Waals surface area contributed by atoms with Gasteiger partial charge in [0.15, 0.2) is 0 Å². The fraction of sp³-hybridized carbons (Fsp3) is 0.357. The molecule has 9 heteroatoms. The lowest BCUT2D eigenvalue weighted by atomic mass is 10.1. The molecule has 0 aliphatic carbocycles. The molecule has 0 spiro atoms. The third-order valence-electron chi connectivity index (χ3n) is 3.58. The fourth-order valence-corrected chi connectivity index (χ4v) is 3.81. The van der Waals surface area contributed by atoms with E-state index in [1.165, 1.54) is 7.05 Å². The predicted octanol–water partition coefficient (Wildman–Crippen LogP) is 2.65. The molecule has 0 radical (unpaired) electrons. The number of anilines is 1. The molecule has 124 valence electrons. The number of benzene rings is 1. The second-order valence-electron chi connectivity index (χ2n) is 5.01. The number of halogens is 2. The summed E-state index contributed by atoms with van der Waals surface area (Å²) in [5, 5.41) is 14.3. The number of carbonyl (C=O) groups excluding carboxylic acids is 2. The molecule has 3 N–H and O–H groups in total. The van der Waals surface area contributed by atoms with E-state index in [1.807, 2.05) is 0 Å². The number of carbonyl (C=O) groups is 3. The molecule has 7 nitrogen and oxygen atoms in total. The summed E-state index contributed by atoms with van der Waals surface area (Å²) in [6.45, 7) is 0.331. The van der Waals surface area contributed by atoms with Gasteiger partial charge in [-0.05, 0) is 40.9 Å². The van der Waals surface area contributed by atoms with E-state index in [1.54, 1.807) is 12.1 Å². The van der Waals surface area contributed by atoms with Crippen LogP contribution in [0, 0.1) is 0 Å². The van der Waals surface area contributed by atoms with E-state index in [0.29, 0.717) is 34.0 Å². The van der Waals surface area contributed by atoms with Crippen LogP contribution >= 0.6 is 31.9 Å². The quantitative estimate of drug-likeness (QED) is 0.661. The number of likely N-dealkylation sites (tertiary alicyclic amines) is 1. The molecule has 23 heavy (non-hydrogen) atoms. The van der Waals surface area contributed by atoms with Gasteiger partial charge >= 0.3 is 6.09 Å². The number of amides is 3. The largest absolute Gasteiger partial charge is 0.465 e. The van der Waals surface area contributed by atoms with Crippen LogP contribution in [0.15, 0.2) is 21.1 Å². The number of rotatable bonds is 3. The van der Waals surface area contributed by atoms with Gasteiger partial charge in [0.1, 0.15) is 6.04 Å². The van der Waals surface area contributed by atoms with Crippen molar-refractivity contribution < 1.29 is 19.5 Å². The Labute approximate surface area is 149 Å². The Morgan fingerprint density at radius 3 is 2.61 bits per heavy atom. The summed E-state index contributed by atoms with van der Waals surface area (Å²) >= 11 is 6.62. The second kappa shape index (κ2) is 7.31. The van der Waals surface area contributed by atoms with Crippen LogP contribution in [0.3, 0.4) is 0 Å². The Kier molecular flexibility index (Phi) is 5.64. The van der Waals surface area contributed by atoms with Gasteiger partial charge in [0.2, 0.25) is 5.91 Å². The van der Waals surface area contributed by atoms with Crippen LogP contribution in [0.25, 0.3) is 0 Å². The van der Waals surface area contributed by atoms with E-state index < -0.39 is 18.0 Å². The van der Waals surface area contributed by atoms with Crippen LogP contribution in [0.5, 0.6) is 0 Å². The zero-order valence-corrected chi connectivity index (χ0v) is 15.4. The molecule has 1 aliphatic rings. The van der Waals surface area contributed by atoms with Gasteiger partial charge < -0.3 is 15.7 Å². The molecular formula is C14H15Br2N3O4. The van der Waals surface area contributed by atoms with Crippen molar-refractivity contribution >= 4 is 55.5 Å². The maximum absolute atomic E-state index is 12.4. The van der Waals surface area contributed by atoms with E-state index in [9.17, 15) is 14.4 Å². The first kappa shape index (κ1) is 17.7. The lowest BCUT2D eigenvalue weighted by molar-refractivity contribution is -0.119. The maximum atomic E-state index is 12.4. The van der Waals surface area contributed by atoms with Gasteiger partial charge in [-0.15, -0.1) is 0 Å². The average molecular weight is 449 g/mol. The topological polar surface area (TPSA) is 98.7 Å². The van der Waals surface area contributed by atoms with E-state index in [0.717, 1.165) is 4.90 Å². The third-order valence-corrected chi connectivity index (χ3v) is 4.66. The molecule has 1 aliphatic heterocycles. The van der Waals surface area contributed by atoms with Gasteiger partial charge in [0, 0.05) is 22.5 Å².